The smallest absolute Gasteiger partial charge is 0.123 e. The molecule has 0 bridgehead atoms. The van der Waals surface area contributed by atoms with Gasteiger partial charge in [0.15, 0.2) is 0 Å². The van der Waals surface area contributed by atoms with E-state index in [1.54, 1.807) is 24.8 Å². The molecular formula is C19H16FN3O. The fourth-order valence-electron chi connectivity index (χ4n) is 4.28. The predicted molar refractivity (Wildman–Crippen MR) is 86.8 cm³/mol. The molecule has 1 aromatic carbocycles. The minimum atomic E-state index is -0.585. The number of fused-ring (bicyclic) bond motifs is 4. The number of nitrogens with zero attached hydrogens (tertiary/aromatic N) is 3. The summed E-state index contributed by atoms with van der Waals surface area (Å²) in [6.45, 7) is 0. The zero-order valence-electron chi connectivity index (χ0n) is 12.9. The summed E-state index contributed by atoms with van der Waals surface area (Å²) < 4.78 is 15.8. The molecule has 5 rings (SSSR count). The fraction of sp³-hybridized carbons (Fsp3) is 0.263. The molecule has 0 amide bonds. The Bertz CT molecular complexity index is 936. The molecular weight excluding hydrogens is 305 g/mol. The van der Waals surface area contributed by atoms with Gasteiger partial charge in [0, 0.05) is 28.9 Å². The van der Waals surface area contributed by atoms with Gasteiger partial charge in [0.1, 0.15) is 5.82 Å². The highest BCUT2D eigenvalue weighted by atomic mass is 19.1. The van der Waals surface area contributed by atoms with Crippen molar-refractivity contribution in [3.8, 4) is 11.3 Å². The number of aromatic nitrogens is 3. The maximum atomic E-state index is 13.7. The molecule has 3 aromatic rings. The van der Waals surface area contributed by atoms with Crippen LogP contribution in [0.5, 0.6) is 0 Å². The molecule has 2 aliphatic rings. The molecule has 24 heavy (non-hydrogen) atoms. The quantitative estimate of drug-likeness (QED) is 0.748. The van der Waals surface area contributed by atoms with Crippen LogP contribution in [0.15, 0.2) is 49.1 Å². The molecule has 3 heterocycles. The number of aliphatic hydroxyl groups is 1. The first-order valence-electron chi connectivity index (χ1n) is 8.17. The summed E-state index contributed by atoms with van der Waals surface area (Å²) in [5.41, 5.74) is 4.74. The van der Waals surface area contributed by atoms with Gasteiger partial charge < -0.3 is 9.67 Å². The Morgan fingerprint density at radius 2 is 2.12 bits per heavy atom. The van der Waals surface area contributed by atoms with Crippen molar-refractivity contribution in [1.82, 2.24) is 14.5 Å². The van der Waals surface area contributed by atoms with E-state index in [0.717, 1.165) is 40.9 Å². The van der Waals surface area contributed by atoms with E-state index < -0.39 is 6.10 Å². The van der Waals surface area contributed by atoms with Gasteiger partial charge in [-0.2, -0.15) is 0 Å². The lowest BCUT2D eigenvalue weighted by Gasteiger charge is -2.34. The first-order valence-corrected chi connectivity index (χ1v) is 8.17. The van der Waals surface area contributed by atoms with Gasteiger partial charge in [0.05, 0.1) is 30.4 Å². The van der Waals surface area contributed by atoms with Crippen LogP contribution in [-0.2, 0) is 6.42 Å². The second-order valence-electron chi connectivity index (χ2n) is 6.55. The van der Waals surface area contributed by atoms with E-state index in [1.165, 1.54) is 6.07 Å². The van der Waals surface area contributed by atoms with Crippen LogP contribution in [0.1, 0.15) is 35.4 Å². The number of halogens is 1. The molecule has 4 nitrogen and oxygen atoms in total. The molecule has 0 unspecified atom stereocenters. The van der Waals surface area contributed by atoms with Gasteiger partial charge in [-0.15, -0.1) is 0 Å². The number of aliphatic hydroxyl groups excluding tert-OH is 1. The van der Waals surface area contributed by atoms with Gasteiger partial charge in [-0.25, -0.2) is 9.37 Å². The SMILES string of the molecule is O[C@@H]1c2cccnc2CC[C@H]1[C@H]1c2ccc(F)cc2-c2cncn21. The summed E-state index contributed by atoms with van der Waals surface area (Å²) in [4.78, 5) is 8.63. The van der Waals surface area contributed by atoms with Gasteiger partial charge in [0.2, 0.25) is 0 Å². The highest BCUT2D eigenvalue weighted by Crippen LogP contribution is 2.49. The lowest BCUT2D eigenvalue weighted by atomic mass is 9.77. The third-order valence-electron chi connectivity index (χ3n) is 5.35. The van der Waals surface area contributed by atoms with Crippen molar-refractivity contribution < 1.29 is 9.50 Å². The van der Waals surface area contributed by atoms with E-state index in [2.05, 4.69) is 14.5 Å². The Morgan fingerprint density at radius 3 is 3.04 bits per heavy atom. The molecule has 2 aromatic heterocycles. The van der Waals surface area contributed by atoms with Crippen LogP contribution < -0.4 is 0 Å². The number of pyridine rings is 1. The number of rotatable bonds is 1. The summed E-state index contributed by atoms with van der Waals surface area (Å²) in [5, 5.41) is 11.0. The third kappa shape index (κ3) is 1.82. The maximum Gasteiger partial charge on any atom is 0.123 e. The highest BCUT2D eigenvalue weighted by molar-refractivity contribution is 5.69. The molecule has 3 atom stereocenters. The minimum absolute atomic E-state index is 0.0151. The van der Waals surface area contributed by atoms with Crippen molar-refractivity contribution in [3.05, 3.63) is 71.7 Å². The second-order valence-corrected chi connectivity index (χ2v) is 6.55. The number of imidazole rings is 1. The molecule has 0 saturated heterocycles. The minimum Gasteiger partial charge on any atom is -0.388 e. The topological polar surface area (TPSA) is 50.9 Å². The molecule has 1 N–H and O–H groups in total. The van der Waals surface area contributed by atoms with Crippen molar-refractivity contribution in [2.75, 3.05) is 0 Å². The highest BCUT2D eigenvalue weighted by Gasteiger charge is 2.40. The summed E-state index contributed by atoms with van der Waals surface area (Å²) in [7, 11) is 0. The average molecular weight is 321 g/mol. The molecule has 120 valence electrons. The van der Waals surface area contributed by atoms with E-state index in [1.807, 2.05) is 18.2 Å². The first kappa shape index (κ1) is 13.9. The molecule has 5 heteroatoms. The zero-order valence-corrected chi connectivity index (χ0v) is 12.9. The van der Waals surface area contributed by atoms with Crippen LogP contribution in [0.3, 0.4) is 0 Å². The van der Waals surface area contributed by atoms with E-state index >= 15 is 0 Å². The Kier molecular flexibility index (Phi) is 2.88. The summed E-state index contributed by atoms with van der Waals surface area (Å²) in [6, 6.07) is 8.69. The molecule has 1 aliphatic heterocycles. The van der Waals surface area contributed by atoms with Crippen LogP contribution >= 0.6 is 0 Å². The van der Waals surface area contributed by atoms with Crippen LogP contribution in [0, 0.1) is 11.7 Å². The molecule has 0 fully saturated rings. The van der Waals surface area contributed by atoms with Crippen molar-refractivity contribution in [2.45, 2.75) is 25.0 Å². The van der Waals surface area contributed by atoms with Crippen LogP contribution in [-0.4, -0.2) is 19.6 Å². The Labute approximate surface area is 138 Å². The van der Waals surface area contributed by atoms with Gasteiger partial charge in [-0.3, -0.25) is 4.98 Å². The van der Waals surface area contributed by atoms with E-state index in [-0.39, 0.29) is 17.8 Å². The number of benzene rings is 1. The standard InChI is InChI=1S/C19H16FN3O/c20-11-3-4-12-15(8-11)17-9-21-10-23(17)18(12)14-5-6-16-13(19(14)24)2-1-7-22-16/h1-4,7-10,14,18-19,24H,5-6H2/t14-,18+,19+/m0/s1. The van der Waals surface area contributed by atoms with Crippen LogP contribution in [0.4, 0.5) is 4.39 Å². The van der Waals surface area contributed by atoms with Crippen molar-refractivity contribution >= 4 is 0 Å². The van der Waals surface area contributed by atoms with Gasteiger partial charge >= 0.3 is 0 Å². The number of hydrogen-bond donors (Lipinski definition) is 1. The molecule has 0 spiro atoms. The van der Waals surface area contributed by atoms with Gasteiger partial charge in [0.25, 0.3) is 0 Å². The van der Waals surface area contributed by atoms with Crippen LogP contribution in [0.2, 0.25) is 0 Å². The average Bonchev–Trinajstić information content (AvgIpc) is 3.17. The van der Waals surface area contributed by atoms with Crippen molar-refractivity contribution in [1.29, 1.82) is 0 Å². The van der Waals surface area contributed by atoms with E-state index in [4.69, 9.17) is 0 Å². The van der Waals surface area contributed by atoms with E-state index in [9.17, 15) is 9.50 Å². The number of aryl methyl sites for hydroxylation is 1. The monoisotopic (exact) mass is 321 g/mol. The summed E-state index contributed by atoms with van der Waals surface area (Å²) >= 11 is 0. The Balaban J connectivity index is 1.64. The lowest BCUT2D eigenvalue weighted by molar-refractivity contribution is 0.0710. The summed E-state index contributed by atoms with van der Waals surface area (Å²) in [5.74, 6) is -0.234. The molecule has 0 saturated carbocycles. The maximum absolute atomic E-state index is 13.7. The Hall–Kier alpha value is -2.53. The second kappa shape index (κ2) is 4.98. The van der Waals surface area contributed by atoms with Crippen molar-refractivity contribution in [2.24, 2.45) is 5.92 Å². The Morgan fingerprint density at radius 1 is 1.21 bits per heavy atom. The predicted octanol–water partition coefficient (Wildman–Crippen LogP) is 3.28. The first-order chi connectivity index (χ1) is 11.7. The molecule has 0 radical (unpaired) electrons. The summed E-state index contributed by atoms with van der Waals surface area (Å²) in [6.07, 6.45) is 6.41. The largest absolute Gasteiger partial charge is 0.388 e. The van der Waals surface area contributed by atoms with Crippen LogP contribution in [0.25, 0.3) is 11.3 Å². The fourth-order valence-corrected chi connectivity index (χ4v) is 4.28. The molecule has 1 aliphatic carbocycles. The normalized spacial score (nSPS) is 24.3. The lowest BCUT2D eigenvalue weighted by Crippen LogP contribution is -2.29. The van der Waals surface area contributed by atoms with Gasteiger partial charge in [-0.1, -0.05) is 12.1 Å². The van der Waals surface area contributed by atoms with E-state index in [0.29, 0.717) is 0 Å². The van der Waals surface area contributed by atoms with Crippen molar-refractivity contribution in [3.63, 3.8) is 0 Å². The third-order valence-corrected chi connectivity index (χ3v) is 5.35. The number of hydrogen-bond acceptors (Lipinski definition) is 3. The van der Waals surface area contributed by atoms with Gasteiger partial charge in [-0.05, 0) is 36.6 Å². The zero-order chi connectivity index (χ0) is 16.3.